The molecule has 0 spiro atoms. The second-order valence-electron chi connectivity index (χ2n) is 32.6. The van der Waals surface area contributed by atoms with Gasteiger partial charge in [-0.2, -0.15) is 0 Å². The van der Waals surface area contributed by atoms with Gasteiger partial charge in [-0.3, -0.25) is 62.3 Å². The number of phenolic OH excluding ortho intramolecular Hbond substituents is 1. The Balaban J connectivity index is 1.12. The zero-order valence-electron chi connectivity index (χ0n) is 73.4. The number of hydrogen-bond donors (Lipinski definition) is 14. The van der Waals surface area contributed by atoms with E-state index >= 15 is 33.6 Å². The molecule has 13 amide bonds. The molecule has 127 heavy (non-hydrogen) atoms. The highest BCUT2D eigenvalue weighted by atomic mass is 127. The third-order valence-electron chi connectivity index (χ3n) is 21.8. The minimum Gasteiger partial charge on any atom is -0.507 e. The molecule has 34 heteroatoms. The molecule has 0 bridgehead atoms. The molecule has 1 unspecified atom stereocenters. The van der Waals surface area contributed by atoms with E-state index in [4.69, 9.17) is 15.2 Å². The van der Waals surface area contributed by atoms with Crippen molar-refractivity contribution < 1.29 is 81.7 Å². The van der Waals surface area contributed by atoms with E-state index in [-0.39, 0.29) is 132 Å². The Morgan fingerprint density at radius 2 is 1.15 bits per heavy atom. The van der Waals surface area contributed by atoms with Crippen molar-refractivity contribution in [2.75, 3.05) is 64.1 Å². The van der Waals surface area contributed by atoms with Gasteiger partial charge in [0.2, 0.25) is 76.8 Å². The number of benzene rings is 6. The largest absolute Gasteiger partial charge is 0.507 e. The molecule has 2 fully saturated rings. The average Bonchev–Trinajstić information content (AvgIpc) is 1.29. The van der Waals surface area contributed by atoms with Gasteiger partial charge in [-0.25, -0.2) is 0 Å². The molecular formula is C93H121IN14O17S2. The molecular weight excluding hydrogens is 1780 g/mol. The average molecular weight is 1900 g/mol. The van der Waals surface area contributed by atoms with Crippen molar-refractivity contribution in [1.82, 2.24) is 68.7 Å². The lowest BCUT2D eigenvalue weighted by Crippen LogP contribution is -2.61. The van der Waals surface area contributed by atoms with Gasteiger partial charge in [0, 0.05) is 63.2 Å². The van der Waals surface area contributed by atoms with Crippen LogP contribution in [0.15, 0.2) is 158 Å². The quantitative estimate of drug-likeness (QED) is 0.0101. The van der Waals surface area contributed by atoms with Crippen LogP contribution in [-0.4, -0.2) is 217 Å². The lowest BCUT2D eigenvalue weighted by atomic mass is 9.77. The van der Waals surface area contributed by atoms with Gasteiger partial charge < -0.3 is 93.8 Å². The Kier molecular flexibility index (Phi) is 41.0. The number of ether oxygens (including phenoxy) is 2. The molecule has 6 aromatic rings. The van der Waals surface area contributed by atoms with Crippen molar-refractivity contribution in [1.29, 1.82) is 0 Å². The molecule has 2 aliphatic rings. The van der Waals surface area contributed by atoms with Gasteiger partial charge in [0.25, 0.3) is 0 Å². The van der Waals surface area contributed by atoms with Crippen LogP contribution in [0, 0.1) is 35.2 Å². The number of phenols is 1. The summed E-state index contributed by atoms with van der Waals surface area (Å²) in [6.07, 6.45) is -1.06. The number of nitrogens with one attached hydrogen (secondary N) is 12. The standard InChI is InChI=1S/C93H121IN14O17S2/c1-10-60(8)82(91(122)101-69(83(114)96-11-2)38-40-79(111)107-93(65-21-15-12-16-22-65,66-23-17-13-18-24-66)67-25-19-14-20-26-67)106-88(119)74(49-63-34-29-58(6)30-35-63)102-89(120)75-54-126-127-55-76(105-85(116)70(37-31-61(9)109)100-87(118)73(48-62-32-27-57(5)28-33-62)99-81(113)53-125-44-43-124-42-41-95)92(123)108-52-59(7)46-77(108)90(121)103-72(50-64-36-39-78(110)68(94)47-64)84(115)97-51-80(112)98-71(45-56(3)4)86(117)104-75/h12-30,32-36,39,47,56,59-60,69-77,82,110H,10-11,31,37-38,40-46,48-55,95H2,1-9H3,(H,96,114)(H,97,115)(H,98,112)(H,99,113)(H,100,118)(H,101,122)(H,102,120)(H,103,121)(H,104,117)(H,105,116)(H,106,119)(H,107,111)/t59-,60?,69+,70-,71+,72+,73+,74+,75+,76+,77+,82+/m1/s1. The Hall–Kier alpha value is -10.8. The fourth-order valence-electron chi connectivity index (χ4n) is 14.8. The van der Waals surface area contributed by atoms with Gasteiger partial charge in [-0.05, 0) is 139 Å². The molecule has 12 atom stereocenters. The minimum absolute atomic E-state index is 0.0137. The summed E-state index contributed by atoms with van der Waals surface area (Å²) in [6, 6.07) is 32.8. The topological polar surface area (TPSA) is 451 Å². The Bertz CT molecular complexity index is 4620. The number of nitrogens with zero attached hydrogens (tertiary/aromatic N) is 1. The normalized spacial score (nSPS) is 18.7. The predicted octanol–water partition coefficient (Wildman–Crippen LogP) is 5.23. The molecule has 15 N–H and O–H groups in total. The van der Waals surface area contributed by atoms with E-state index in [0.717, 1.165) is 49.4 Å². The summed E-state index contributed by atoms with van der Waals surface area (Å²) >= 11 is 1.91. The maximum absolute atomic E-state index is 15.7. The first-order valence-electron chi connectivity index (χ1n) is 43.0. The second kappa shape index (κ2) is 51.3. The highest BCUT2D eigenvalue weighted by Gasteiger charge is 2.45. The molecule has 2 aliphatic heterocycles. The number of likely N-dealkylation sites (N-methyl/N-ethyl adjacent to an activating group) is 1. The molecule has 2 saturated heterocycles. The van der Waals surface area contributed by atoms with Gasteiger partial charge >= 0.3 is 0 Å². The summed E-state index contributed by atoms with van der Waals surface area (Å²) in [5, 5.41) is 44.3. The number of ketones is 1. The van der Waals surface area contributed by atoms with Gasteiger partial charge in [0.1, 0.15) is 84.1 Å². The van der Waals surface area contributed by atoms with Crippen LogP contribution in [0.25, 0.3) is 0 Å². The molecule has 0 saturated carbocycles. The minimum atomic E-state index is -1.61. The number of aromatic hydroxyl groups is 1. The van der Waals surface area contributed by atoms with Crippen LogP contribution in [0.4, 0.5) is 0 Å². The van der Waals surface area contributed by atoms with Gasteiger partial charge in [-0.15, -0.1) is 0 Å². The maximum atomic E-state index is 15.7. The maximum Gasteiger partial charge on any atom is 0.246 e. The van der Waals surface area contributed by atoms with Crippen molar-refractivity contribution >= 4 is 127 Å². The third-order valence-corrected chi connectivity index (χ3v) is 25.1. The van der Waals surface area contributed by atoms with Crippen LogP contribution in [-0.2, 0) is 101 Å². The zero-order valence-corrected chi connectivity index (χ0v) is 77.1. The smallest absolute Gasteiger partial charge is 0.246 e. The number of amides is 13. The molecule has 31 nitrogen and oxygen atoms in total. The number of carbonyl (C=O) groups excluding carboxylic acids is 14. The number of fused-ring (bicyclic) bond motifs is 1. The summed E-state index contributed by atoms with van der Waals surface area (Å²) in [7, 11) is 1.91. The van der Waals surface area contributed by atoms with E-state index in [1.165, 1.54) is 17.9 Å². The van der Waals surface area contributed by atoms with E-state index < -0.39 is 162 Å². The zero-order chi connectivity index (χ0) is 92.3. The van der Waals surface area contributed by atoms with Gasteiger partial charge in [-0.1, -0.05) is 219 Å². The molecule has 684 valence electrons. The number of nitrogens with two attached hydrogens (primary N) is 1. The molecule has 0 radical (unpaired) electrons. The van der Waals surface area contributed by atoms with E-state index in [1.807, 2.05) is 140 Å². The lowest BCUT2D eigenvalue weighted by Gasteiger charge is -2.37. The van der Waals surface area contributed by atoms with Crippen LogP contribution in [0.5, 0.6) is 5.75 Å². The molecule has 2 heterocycles. The van der Waals surface area contributed by atoms with E-state index in [9.17, 15) is 38.7 Å². The highest BCUT2D eigenvalue weighted by molar-refractivity contribution is 14.1. The van der Waals surface area contributed by atoms with Crippen molar-refractivity contribution in [2.45, 2.75) is 192 Å². The van der Waals surface area contributed by atoms with Crippen molar-refractivity contribution in [3.63, 3.8) is 0 Å². The summed E-state index contributed by atoms with van der Waals surface area (Å²) in [5.41, 5.74) is 10.1. The summed E-state index contributed by atoms with van der Waals surface area (Å²) in [4.78, 5) is 207. The van der Waals surface area contributed by atoms with Crippen molar-refractivity contribution in [3.8, 4) is 5.75 Å². The molecule has 6 aromatic carbocycles. The van der Waals surface area contributed by atoms with Crippen molar-refractivity contribution in [3.05, 3.63) is 206 Å². The summed E-state index contributed by atoms with van der Waals surface area (Å²) < 4.78 is 11.3. The van der Waals surface area contributed by atoms with Crippen LogP contribution >= 0.6 is 44.2 Å². The number of hydrogen-bond acceptors (Lipinski definition) is 20. The fraction of sp³-hybridized carbons (Fsp3) is 0.462. The van der Waals surface area contributed by atoms with Gasteiger partial charge in [0.05, 0.1) is 29.9 Å². The highest BCUT2D eigenvalue weighted by Crippen LogP contribution is 2.38. The first-order chi connectivity index (χ1) is 60.8. The Morgan fingerprint density at radius 3 is 1.72 bits per heavy atom. The number of rotatable bonds is 40. The summed E-state index contributed by atoms with van der Waals surface area (Å²) in [5.74, 6) is -12.6. The summed E-state index contributed by atoms with van der Waals surface area (Å²) in [6.45, 7) is 15.3. The first-order valence-corrected chi connectivity index (χ1v) is 46.6. The SMILES string of the molecule is CCNC(=O)[C@H](CCC(=O)NC(c1ccccc1)(c1ccccc1)c1ccccc1)NC(=O)[C@@H](NC(=O)[C@H](Cc1ccc(C)cc1)NC(=O)[C@@H]1CSSC[C@H](NC(=O)[C@@H](CCC(C)=O)NC(=O)[C@H](Cc2ccc(C)cc2)NC(=O)COCCOCCN)C(=O)N2C[C@H](C)C[C@H]2C(=O)N[C@@H](Cc2ccc(O)c(I)c2)C(=O)NCC(=O)N[C@@H](CC(C)C)C(=O)N1)C(C)CC. The van der Waals surface area contributed by atoms with Crippen LogP contribution in [0.3, 0.4) is 0 Å². The van der Waals surface area contributed by atoms with Gasteiger partial charge in [0.15, 0.2) is 0 Å². The van der Waals surface area contributed by atoms with E-state index in [2.05, 4.69) is 63.8 Å². The van der Waals surface area contributed by atoms with Crippen LogP contribution in [0.2, 0.25) is 0 Å². The van der Waals surface area contributed by atoms with Crippen LogP contribution in [0.1, 0.15) is 138 Å². The van der Waals surface area contributed by atoms with E-state index in [0.29, 0.717) is 26.7 Å². The number of halogens is 1. The first kappa shape index (κ1) is 102. The lowest BCUT2D eigenvalue weighted by molar-refractivity contribution is -0.142. The molecule has 0 aromatic heterocycles. The van der Waals surface area contributed by atoms with Crippen LogP contribution < -0.4 is 69.5 Å². The Labute approximate surface area is 763 Å². The number of aryl methyl sites for hydroxylation is 2. The number of carbonyl (C=O) groups is 14. The second-order valence-corrected chi connectivity index (χ2v) is 36.4. The van der Waals surface area contributed by atoms with E-state index in [1.54, 1.807) is 90.1 Å². The van der Waals surface area contributed by atoms with Crippen molar-refractivity contribution in [2.24, 2.45) is 23.5 Å². The molecule has 8 rings (SSSR count). The monoisotopic (exact) mass is 1900 g/mol. The molecule has 0 aliphatic carbocycles. The fourth-order valence-corrected chi connectivity index (χ4v) is 17.7. The Morgan fingerprint density at radius 1 is 0.598 bits per heavy atom. The third kappa shape index (κ3) is 31.6. The number of Topliss-reactive ketones (excluding diaryl/α,β-unsaturated/α-hetero) is 1. The predicted molar refractivity (Wildman–Crippen MR) is 494 cm³/mol.